The van der Waals surface area contributed by atoms with Crippen LogP contribution in [0, 0.1) is 0 Å². The van der Waals surface area contributed by atoms with E-state index in [2.05, 4.69) is 26.6 Å². The minimum atomic E-state index is 0.875. The molecule has 0 unspecified atom stereocenters. The molecule has 1 aromatic heterocycles. The lowest BCUT2D eigenvalue weighted by Gasteiger charge is -2.27. The number of hydrogen-bond donors (Lipinski definition) is 2. The Morgan fingerprint density at radius 3 is 2.95 bits per heavy atom. The van der Waals surface area contributed by atoms with Crippen molar-refractivity contribution in [2.75, 3.05) is 51.7 Å². The normalized spacial score (nSPS) is 16.0. The van der Waals surface area contributed by atoms with Crippen LogP contribution >= 0.6 is 0 Å². The molecule has 0 radical (unpaired) electrons. The van der Waals surface area contributed by atoms with E-state index in [0.29, 0.717) is 0 Å². The van der Waals surface area contributed by atoms with Crippen molar-refractivity contribution in [2.24, 2.45) is 0 Å². The SMILES string of the molecule is COc1ccc2c(NCCN3CCNCC3)nccc2c1. The lowest BCUT2D eigenvalue weighted by molar-refractivity contribution is 0.249. The molecule has 1 aliphatic rings. The summed E-state index contributed by atoms with van der Waals surface area (Å²) in [5.41, 5.74) is 0. The van der Waals surface area contributed by atoms with Crippen LogP contribution in [0.4, 0.5) is 5.82 Å². The number of nitrogens with one attached hydrogen (secondary N) is 2. The van der Waals surface area contributed by atoms with E-state index in [0.717, 1.165) is 61.6 Å². The highest BCUT2D eigenvalue weighted by Gasteiger charge is 2.09. The molecule has 1 fully saturated rings. The maximum Gasteiger partial charge on any atom is 0.133 e. The average molecular weight is 286 g/mol. The Hall–Kier alpha value is -1.85. The number of rotatable bonds is 5. The second kappa shape index (κ2) is 6.74. The zero-order chi connectivity index (χ0) is 14.5. The number of benzene rings is 1. The van der Waals surface area contributed by atoms with E-state index in [4.69, 9.17) is 4.74 Å². The Balaban J connectivity index is 1.66. The molecule has 0 spiro atoms. The first-order valence-corrected chi connectivity index (χ1v) is 7.46. The Morgan fingerprint density at radius 2 is 2.14 bits per heavy atom. The van der Waals surface area contributed by atoms with Gasteiger partial charge in [-0.1, -0.05) is 0 Å². The molecule has 3 rings (SSSR count). The van der Waals surface area contributed by atoms with Crippen molar-refractivity contribution in [3.05, 3.63) is 30.5 Å². The Bertz CT molecular complexity index is 596. The van der Waals surface area contributed by atoms with Crippen LogP contribution in [0.25, 0.3) is 10.8 Å². The molecule has 2 N–H and O–H groups in total. The van der Waals surface area contributed by atoms with Crippen LogP contribution in [-0.2, 0) is 0 Å². The van der Waals surface area contributed by atoms with Crippen LogP contribution in [0.15, 0.2) is 30.5 Å². The highest BCUT2D eigenvalue weighted by molar-refractivity contribution is 5.92. The summed E-state index contributed by atoms with van der Waals surface area (Å²) in [7, 11) is 1.69. The predicted molar refractivity (Wildman–Crippen MR) is 86.1 cm³/mol. The van der Waals surface area contributed by atoms with E-state index in [9.17, 15) is 0 Å². The van der Waals surface area contributed by atoms with Crippen molar-refractivity contribution in [3.8, 4) is 5.75 Å². The molecule has 2 aromatic rings. The first-order chi connectivity index (χ1) is 10.4. The van der Waals surface area contributed by atoms with E-state index in [1.807, 2.05) is 24.4 Å². The van der Waals surface area contributed by atoms with Crippen LogP contribution in [0.2, 0.25) is 0 Å². The molecular weight excluding hydrogens is 264 g/mol. The summed E-state index contributed by atoms with van der Waals surface area (Å²) in [4.78, 5) is 6.93. The van der Waals surface area contributed by atoms with Crippen molar-refractivity contribution in [3.63, 3.8) is 0 Å². The molecule has 0 aliphatic carbocycles. The summed E-state index contributed by atoms with van der Waals surface area (Å²) >= 11 is 0. The number of hydrogen-bond acceptors (Lipinski definition) is 5. The summed E-state index contributed by atoms with van der Waals surface area (Å²) in [6.07, 6.45) is 1.84. The number of anilines is 1. The van der Waals surface area contributed by atoms with Crippen LogP contribution < -0.4 is 15.4 Å². The van der Waals surface area contributed by atoms with Gasteiger partial charge in [0.15, 0.2) is 0 Å². The first kappa shape index (κ1) is 14.1. The van der Waals surface area contributed by atoms with Crippen molar-refractivity contribution >= 4 is 16.6 Å². The van der Waals surface area contributed by atoms with Crippen molar-refractivity contribution in [2.45, 2.75) is 0 Å². The summed E-state index contributed by atoms with van der Waals surface area (Å²) < 4.78 is 5.27. The van der Waals surface area contributed by atoms with E-state index in [1.165, 1.54) is 0 Å². The topological polar surface area (TPSA) is 49.4 Å². The molecule has 112 valence electrons. The van der Waals surface area contributed by atoms with E-state index < -0.39 is 0 Å². The molecule has 5 nitrogen and oxygen atoms in total. The molecule has 21 heavy (non-hydrogen) atoms. The van der Waals surface area contributed by atoms with Crippen molar-refractivity contribution in [1.29, 1.82) is 0 Å². The van der Waals surface area contributed by atoms with Gasteiger partial charge in [0, 0.05) is 50.9 Å². The molecule has 1 saturated heterocycles. The molecule has 0 bridgehead atoms. The van der Waals surface area contributed by atoms with Gasteiger partial charge in [0.05, 0.1) is 7.11 Å². The quantitative estimate of drug-likeness (QED) is 0.873. The molecular formula is C16H22N4O. The van der Waals surface area contributed by atoms with E-state index in [-0.39, 0.29) is 0 Å². The molecule has 2 heterocycles. The van der Waals surface area contributed by atoms with Gasteiger partial charge in [0.2, 0.25) is 0 Å². The zero-order valence-corrected chi connectivity index (χ0v) is 12.4. The number of ether oxygens (including phenoxy) is 1. The van der Waals surface area contributed by atoms with E-state index in [1.54, 1.807) is 7.11 Å². The van der Waals surface area contributed by atoms with Gasteiger partial charge in [-0.3, -0.25) is 4.90 Å². The van der Waals surface area contributed by atoms with Gasteiger partial charge >= 0.3 is 0 Å². The first-order valence-electron chi connectivity index (χ1n) is 7.46. The minimum absolute atomic E-state index is 0.875. The third-order valence-corrected chi connectivity index (χ3v) is 3.90. The van der Waals surface area contributed by atoms with Gasteiger partial charge in [-0.05, 0) is 29.7 Å². The highest BCUT2D eigenvalue weighted by Crippen LogP contribution is 2.25. The van der Waals surface area contributed by atoms with Gasteiger partial charge in [-0.2, -0.15) is 0 Å². The minimum Gasteiger partial charge on any atom is -0.497 e. The monoisotopic (exact) mass is 286 g/mol. The number of nitrogens with zero attached hydrogens (tertiary/aromatic N) is 2. The summed E-state index contributed by atoms with van der Waals surface area (Å²) in [5, 5.41) is 9.11. The fraction of sp³-hybridized carbons (Fsp3) is 0.438. The van der Waals surface area contributed by atoms with Gasteiger partial charge in [0.1, 0.15) is 11.6 Å². The number of aromatic nitrogens is 1. The second-order valence-electron chi connectivity index (χ2n) is 5.27. The Labute approximate surface area is 125 Å². The molecule has 0 saturated carbocycles. The third-order valence-electron chi connectivity index (χ3n) is 3.90. The zero-order valence-electron chi connectivity index (χ0n) is 12.4. The molecule has 5 heteroatoms. The van der Waals surface area contributed by atoms with Crippen LogP contribution in [0.5, 0.6) is 5.75 Å². The number of fused-ring (bicyclic) bond motifs is 1. The molecule has 1 aromatic carbocycles. The fourth-order valence-electron chi connectivity index (χ4n) is 2.69. The average Bonchev–Trinajstić information content (AvgIpc) is 2.55. The maximum absolute atomic E-state index is 5.27. The summed E-state index contributed by atoms with van der Waals surface area (Å²) in [6, 6.07) is 8.09. The Kier molecular flexibility index (Phi) is 4.52. The summed E-state index contributed by atoms with van der Waals surface area (Å²) in [5.74, 6) is 1.82. The highest BCUT2D eigenvalue weighted by atomic mass is 16.5. The van der Waals surface area contributed by atoms with Gasteiger partial charge in [-0.25, -0.2) is 4.98 Å². The lowest BCUT2D eigenvalue weighted by atomic mass is 10.1. The van der Waals surface area contributed by atoms with E-state index >= 15 is 0 Å². The molecule has 1 aliphatic heterocycles. The predicted octanol–water partition coefficient (Wildman–Crippen LogP) is 1.56. The van der Waals surface area contributed by atoms with Gasteiger partial charge in [0.25, 0.3) is 0 Å². The van der Waals surface area contributed by atoms with Crippen LogP contribution in [-0.4, -0.2) is 56.3 Å². The van der Waals surface area contributed by atoms with Gasteiger partial charge < -0.3 is 15.4 Å². The largest absolute Gasteiger partial charge is 0.497 e. The van der Waals surface area contributed by atoms with Crippen molar-refractivity contribution in [1.82, 2.24) is 15.2 Å². The molecule has 0 atom stereocenters. The van der Waals surface area contributed by atoms with Crippen LogP contribution in [0.1, 0.15) is 0 Å². The molecule has 0 amide bonds. The standard InChI is InChI=1S/C16H22N4O/c1-21-14-2-3-15-13(12-14)4-5-18-16(15)19-8-11-20-9-6-17-7-10-20/h2-5,12,17H,6-11H2,1H3,(H,18,19). The number of pyridine rings is 1. The second-order valence-corrected chi connectivity index (χ2v) is 5.27. The maximum atomic E-state index is 5.27. The number of methoxy groups -OCH3 is 1. The Morgan fingerprint density at radius 1 is 1.29 bits per heavy atom. The number of piperazine rings is 1. The van der Waals surface area contributed by atoms with Crippen molar-refractivity contribution < 1.29 is 4.74 Å². The smallest absolute Gasteiger partial charge is 0.133 e. The lowest BCUT2D eigenvalue weighted by Crippen LogP contribution is -2.45. The van der Waals surface area contributed by atoms with Crippen LogP contribution in [0.3, 0.4) is 0 Å². The van der Waals surface area contributed by atoms with Gasteiger partial charge in [-0.15, -0.1) is 0 Å². The third kappa shape index (κ3) is 3.43. The fourth-order valence-corrected chi connectivity index (χ4v) is 2.69. The summed E-state index contributed by atoms with van der Waals surface area (Å²) in [6.45, 7) is 6.40.